The summed E-state index contributed by atoms with van der Waals surface area (Å²) < 4.78 is 0. The van der Waals surface area contributed by atoms with Crippen LogP contribution in [-0.4, -0.2) is 9.97 Å². The lowest BCUT2D eigenvalue weighted by atomic mass is 9.82. The molecular weight excluding hydrogens is 496 g/mol. The van der Waals surface area contributed by atoms with Gasteiger partial charge in [0.05, 0.1) is 11.4 Å². The minimum atomic E-state index is -0.0569. The normalized spacial score (nSPS) is 14.0. The third kappa shape index (κ3) is 2.87. The molecule has 0 aliphatic heterocycles. The van der Waals surface area contributed by atoms with Crippen molar-refractivity contribution in [1.82, 2.24) is 9.97 Å². The maximum atomic E-state index is 4.86. The van der Waals surface area contributed by atoms with E-state index in [0.717, 1.165) is 11.4 Å². The third-order valence-electron chi connectivity index (χ3n) is 9.67. The van der Waals surface area contributed by atoms with Gasteiger partial charge < -0.3 is 0 Å². The predicted molar refractivity (Wildman–Crippen MR) is 171 cm³/mol. The summed E-state index contributed by atoms with van der Waals surface area (Å²) in [4.78, 5) is 9.71. The summed E-state index contributed by atoms with van der Waals surface area (Å²) in [6.45, 7) is 9.03. The van der Waals surface area contributed by atoms with E-state index in [1.165, 1.54) is 88.0 Å². The molecule has 2 aromatic heterocycles. The van der Waals surface area contributed by atoms with Crippen molar-refractivity contribution in [2.75, 3.05) is 0 Å². The molecule has 0 fully saturated rings. The van der Waals surface area contributed by atoms with Gasteiger partial charge in [-0.05, 0) is 110 Å². The molecule has 0 N–H and O–H groups in total. The third-order valence-corrected chi connectivity index (χ3v) is 9.67. The Morgan fingerprint density at radius 3 is 2.17 bits per heavy atom. The molecule has 0 atom stereocenters. The highest BCUT2D eigenvalue weighted by molar-refractivity contribution is 6.28. The van der Waals surface area contributed by atoms with E-state index < -0.39 is 0 Å². The fourth-order valence-electron chi connectivity index (χ4n) is 7.68. The molecule has 2 aliphatic rings. The smallest absolute Gasteiger partial charge is 0.0787 e. The largest absolute Gasteiger partial charge is 0.256 e. The number of fused-ring (bicyclic) bond motifs is 10. The SMILES string of the molecule is Cc1ccc2c(c1)c(-c1ccc3c(c1)-c1ncccc1C3(C)C)cc1c3ccc(C)c4c3c(cc21)-c1ncccc1-4. The molecule has 0 spiro atoms. The van der Waals surface area contributed by atoms with Crippen molar-refractivity contribution in [2.45, 2.75) is 33.1 Å². The van der Waals surface area contributed by atoms with E-state index in [9.17, 15) is 0 Å². The zero-order chi connectivity index (χ0) is 27.6. The van der Waals surface area contributed by atoms with E-state index in [1.54, 1.807) is 0 Å². The zero-order valence-electron chi connectivity index (χ0n) is 23.6. The molecule has 2 nitrogen and oxygen atoms in total. The summed E-state index contributed by atoms with van der Waals surface area (Å²) in [6, 6.07) is 31.9. The molecule has 0 saturated carbocycles. The molecule has 2 aliphatic carbocycles. The van der Waals surface area contributed by atoms with Gasteiger partial charge in [0.2, 0.25) is 0 Å². The van der Waals surface area contributed by atoms with Gasteiger partial charge in [-0.3, -0.25) is 9.97 Å². The van der Waals surface area contributed by atoms with Crippen LogP contribution in [0.3, 0.4) is 0 Å². The van der Waals surface area contributed by atoms with Gasteiger partial charge in [0.15, 0.2) is 0 Å². The monoisotopic (exact) mass is 524 g/mol. The van der Waals surface area contributed by atoms with Crippen molar-refractivity contribution >= 4 is 32.3 Å². The maximum absolute atomic E-state index is 4.86. The van der Waals surface area contributed by atoms with E-state index >= 15 is 0 Å². The summed E-state index contributed by atoms with van der Waals surface area (Å²) in [6.07, 6.45) is 3.84. The standard InChI is InChI=1S/C39H28N2/c1-21-9-12-24-28(17-21)27(23-11-14-33-31(18-23)38-34(39(33,3)4)8-6-16-41-38)19-30-25-13-10-22(2)35-26-7-5-15-40-37(26)32(36(25)35)20-29(24)30/h5-20H,1-4H3. The lowest BCUT2D eigenvalue weighted by Gasteiger charge is -2.21. The van der Waals surface area contributed by atoms with Crippen LogP contribution in [0.2, 0.25) is 0 Å². The van der Waals surface area contributed by atoms with Crippen molar-refractivity contribution in [3.8, 4) is 44.8 Å². The van der Waals surface area contributed by atoms with Crippen LogP contribution in [0.15, 0.2) is 97.3 Å². The fourth-order valence-corrected chi connectivity index (χ4v) is 7.68. The number of hydrogen-bond donors (Lipinski definition) is 0. The van der Waals surface area contributed by atoms with Crippen LogP contribution in [0.5, 0.6) is 0 Å². The quantitative estimate of drug-likeness (QED) is 0.200. The molecule has 2 heterocycles. The van der Waals surface area contributed by atoms with Crippen molar-refractivity contribution < 1.29 is 0 Å². The van der Waals surface area contributed by atoms with E-state index in [2.05, 4.69) is 113 Å². The van der Waals surface area contributed by atoms with Gasteiger partial charge in [0, 0.05) is 34.5 Å². The second kappa shape index (κ2) is 7.67. The average Bonchev–Trinajstić information content (AvgIpc) is 3.44. The molecule has 0 bridgehead atoms. The van der Waals surface area contributed by atoms with E-state index in [0.29, 0.717) is 0 Å². The Balaban J connectivity index is 1.40. The molecule has 0 saturated heterocycles. The van der Waals surface area contributed by atoms with Crippen LogP contribution < -0.4 is 0 Å². The summed E-state index contributed by atoms with van der Waals surface area (Å²) in [5.41, 5.74) is 15.0. The first-order chi connectivity index (χ1) is 19.9. The Morgan fingerprint density at radius 1 is 0.537 bits per heavy atom. The Bertz CT molecular complexity index is 2310. The number of pyridine rings is 2. The molecule has 0 radical (unpaired) electrons. The molecule has 41 heavy (non-hydrogen) atoms. The highest BCUT2D eigenvalue weighted by atomic mass is 14.7. The first kappa shape index (κ1) is 22.9. The Kier molecular flexibility index (Phi) is 4.29. The summed E-state index contributed by atoms with van der Waals surface area (Å²) >= 11 is 0. The van der Waals surface area contributed by atoms with E-state index in [-0.39, 0.29) is 5.41 Å². The van der Waals surface area contributed by atoms with Crippen LogP contribution >= 0.6 is 0 Å². The van der Waals surface area contributed by atoms with Gasteiger partial charge in [-0.1, -0.05) is 74.0 Å². The second-order valence-corrected chi connectivity index (χ2v) is 12.4. The minimum absolute atomic E-state index is 0.0569. The molecular formula is C39H28N2. The fraction of sp³-hybridized carbons (Fsp3) is 0.128. The number of benzene rings is 5. The number of aromatic nitrogens is 2. The summed E-state index contributed by atoms with van der Waals surface area (Å²) in [5, 5.41) is 7.78. The molecule has 5 aromatic carbocycles. The van der Waals surface area contributed by atoms with Gasteiger partial charge in [0.25, 0.3) is 0 Å². The van der Waals surface area contributed by atoms with Crippen LogP contribution in [-0.2, 0) is 5.41 Å². The van der Waals surface area contributed by atoms with Crippen LogP contribution in [0.1, 0.15) is 36.1 Å². The Hall–Kier alpha value is -4.82. The highest BCUT2D eigenvalue weighted by Crippen LogP contribution is 2.52. The molecule has 0 unspecified atom stereocenters. The summed E-state index contributed by atoms with van der Waals surface area (Å²) in [5.74, 6) is 0. The first-order valence-corrected chi connectivity index (χ1v) is 14.4. The molecule has 7 aromatic rings. The maximum Gasteiger partial charge on any atom is 0.0787 e. The lowest BCUT2D eigenvalue weighted by molar-refractivity contribution is 0.659. The number of rotatable bonds is 1. The van der Waals surface area contributed by atoms with Crippen molar-refractivity contribution in [3.63, 3.8) is 0 Å². The van der Waals surface area contributed by atoms with Crippen LogP contribution in [0.25, 0.3) is 77.1 Å². The minimum Gasteiger partial charge on any atom is -0.256 e. The molecule has 194 valence electrons. The Labute approximate surface area is 239 Å². The highest BCUT2D eigenvalue weighted by Gasteiger charge is 2.36. The number of nitrogens with zero attached hydrogens (tertiary/aromatic N) is 2. The summed E-state index contributed by atoms with van der Waals surface area (Å²) in [7, 11) is 0. The van der Waals surface area contributed by atoms with E-state index in [1.807, 2.05) is 12.4 Å². The zero-order valence-corrected chi connectivity index (χ0v) is 23.6. The first-order valence-electron chi connectivity index (χ1n) is 14.4. The van der Waals surface area contributed by atoms with Gasteiger partial charge in [-0.25, -0.2) is 0 Å². The van der Waals surface area contributed by atoms with Gasteiger partial charge in [0.1, 0.15) is 0 Å². The predicted octanol–water partition coefficient (Wildman–Crippen LogP) is 10.2. The molecule has 0 amide bonds. The average molecular weight is 525 g/mol. The molecule has 9 rings (SSSR count). The van der Waals surface area contributed by atoms with Crippen molar-refractivity contribution in [1.29, 1.82) is 0 Å². The van der Waals surface area contributed by atoms with Gasteiger partial charge in [-0.2, -0.15) is 0 Å². The number of hydrogen-bond acceptors (Lipinski definition) is 2. The Morgan fingerprint density at radius 2 is 1.29 bits per heavy atom. The van der Waals surface area contributed by atoms with Crippen LogP contribution in [0.4, 0.5) is 0 Å². The van der Waals surface area contributed by atoms with Crippen molar-refractivity contribution in [2.24, 2.45) is 0 Å². The number of aryl methyl sites for hydroxylation is 2. The van der Waals surface area contributed by atoms with E-state index in [4.69, 9.17) is 9.97 Å². The lowest BCUT2D eigenvalue weighted by Crippen LogP contribution is -2.14. The molecule has 2 heteroatoms. The van der Waals surface area contributed by atoms with Crippen molar-refractivity contribution in [3.05, 3.63) is 120 Å². The van der Waals surface area contributed by atoms with Gasteiger partial charge >= 0.3 is 0 Å². The second-order valence-electron chi connectivity index (χ2n) is 12.4. The topological polar surface area (TPSA) is 25.8 Å². The van der Waals surface area contributed by atoms with Gasteiger partial charge in [-0.15, -0.1) is 0 Å². The van der Waals surface area contributed by atoms with Crippen LogP contribution in [0, 0.1) is 13.8 Å².